The Balaban J connectivity index is 1.54. The van der Waals surface area contributed by atoms with Gasteiger partial charge in [0.2, 0.25) is 0 Å². The Morgan fingerprint density at radius 3 is 2.44 bits per heavy atom. The van der Waals surface area contributed by atoms with Gasteiger partial charge in [0, 0.05) is 34.6 Å². The van der Waals surface area contributed by atoms with Crippen LogP contribution in [0.15, 0.2) is 65.2 Å². The van der Waals surface area contributed by atoms with Gasteiger partial charge in [-0.05, 0) is 62.4 Å². The molecule has 0 saturated carbocycles. The van der Waals surface area contributed by atoms with Gasteiger partial charge in [-0.2, -0.15) is 10.5 Å². The van der Waals surface area contributed by atoms with E-state index < -0.39 is 11.6 Å². The van der Waals surface area contributed by atoms with Crippen LogP contribution in [-0.2, 0) is 6.61 Å². The summed E-state index contributed by atoms with van der Waals surface area (Å²) in [5.74, 6) is -0.849. The molecule has 2 N–H and O–H groups in total. The highest BCUT2D eigenvalue weighted by Gasteiger charge is 2.42. The average Bonchev–Trinajstić information content (AvgIpc) is 3.54. The topological polar surface area (TPSA) is 125 Å². The third kappa shape index (κ3) is 4.94. The molecule has 2 saturated heterocycles. The van der Waals surface area contributed by atoms with Crippen LogP contribution in [0.3, 0.4) is 0 Å². The van der Waals surface area contributed by atoms with Gasteiger partial charge in [0.1, 0.15) is 35.9 Å². The lowest BCUT2D eigenvalue weighted by atomic mass is 9.93. The van der Waals surface area contributed by atoms with Crippen LogP contribution in [0.4, 0.5) is 14.6 Å². The molecule has 2 aliphatic rings. The largest absolute Gasteiger partial charge is 0.487 e. The summed E-state index contributed by atoms with van der Waals surface area (Å²) in [4.78, 5) is 7.18. The SMILES string of the molecule is Cc1noc2cc(-c3c(-c4ccc(C#N)c(F)c4)nc(N4C5CC[C@H]4CC(N)C5)c(C#N)c3OCc3ccccc3)c(F)cc12. The van der Waals surface area contributed by atoms with Crippen LogP contribution in [0.25, 0.3) is 33.4 Å². The second kappa shape index (κ2) is 11.3. The van der Waals surface area contributed by atoms with E-state index in [-0.39, 0.29) is 58.4 Å². The molecule has 4 heterocycles. The summed E-state index contributed by atoms with van der Waals surface area (Å²) < 4.78 is 43.3. The van der Waals surface area contributed by atoms with Crippen molar-refractivity contribution in [1.29, 1.82) is 10.5 Å². The molecule has 8 nitrogen and oxygen atoms in total. The summed E-state index contributed by atoms with van der Waals surface area (Å²) in [7, 11) is 0. The van der Waals surface area contributed by atoms with Gasteiger partial charge in [-0.25, -0.2) is 13.8 Å². The Kier molecular flexibility index (Phi) is 7.15. The number of hydrogen-bond donors (Lipinski definition) is 1. The lowest BCUT2D eigenvalue weighted by Gasteiger charge is -2.39. The van der Waals surface area contributed by atoms with Crippen LogP contribution < -0.4 is 15.4 Å². The van der Waals surface area contributed by atoms with E-state index in [4.69, 9.17) is 20.0 Å². The van der Waals surface area contributed by atoms with Crippen molar-refractivity contribution in [3.05, 3.63) is 94.7 Å². The van der Waals surface area contributed by atoms with E-state index in [1.54, 1.807) is 13.0 Å². The number of halogens is 2. The van der Waals surface area contributed by atoms with Gasteiger partial charge in [-0.1, -0.05) is 41.6 Å². The first-order valence-corrected chi connectivity index (χ1v) is 14.8. The predicted octanol–water partition coefficient (Wildman–Crippen LogP) is 6.92. The van der Waals surface area contributed by atoms with Gasteiger partial charge >= 0.3 is 0 Å². The van der Waals surface area contributed by atoms with E-state index in [0.717, 1.165) is 31.2 Å². The van der Waals surface area contributed by atoms with Gasteiger partial charge in [0.15, 0.2) is 17.2 Å². The zero-order valence-electron chi connectivity index (χ0n) is 24.4. The number of pyridine rings is 1. The number of ether oxygens (including phenoxy) is 1. The summed E-state index contributed by atoms with van der Waals surface area (Å²) in [6, 6.07) is 20.7. The number of nitrogens with zero attached hydrogens (tertiary/aromatic N) is 5. The fourth-order valence-corrected chi connectivity index (χ4v) is 6.76. The van der Waals surface area contributed by atoms with Gasteiger partial charge in [-0.3, -0.25) is 0 Å². The first-order valence-electron chi connectivity index (χ1n) is 14.8. The van der Waals surface area contributed by atoms with Crippen molar-refractivity contribution >= 4 is 16.8 Å². The second-order valence-corrected chi connectivity index (χ2v) is 11.7. The highest BCUT2D eigenvalue weighted by atomic mass is 19.1. The molecule has 3 atom stereocenters. The maximum absolute atomic E-state index is 16.2. The minimum absolute atomic E-state index is 0.0376. The molecule has 2 fully saturated rings. The fourth-order valence-electron chi connectivity index (χ4n) is 6.76. The fraction of sp³-hybridized carbons (Fsp3) is 0.257. The Hall–Kier alpha value is -5.32. The number of aryl methyl sites for hydroxylation is 1. The Morgan fingerprint density at radius 1 is 1.00 bits per heavy atom. The first-order chi connectivity index (χ1) is 21.9. The summed E-state index contributed by atoms with van der Waals surface area (Å²) in [5.41, 5.74) is 8.82. The number of nitrogens with two attached hydrogens (primary N) is 1. The van der Waals surface area contributed by atoms with Crippen molar-refractivity contribution in [2.24, 2.45) is 5.73 Å². The molecule has 10 heteroatoms. The van der Waals surface area contributed by atoms with Crippen LogP contribution in [0, 0.1) is 41.2 Å². The standard InChI is InChI=1S/C35H28F2N6O2/c1-19-26-14-30(37)27(15-31(26)45-42-19)32-33(21-7-8-22(16-38)29(36)11-21)41-35(43-24-9-10-25(43)13-23(40)12-24)28(17-39)34(32)44-18-20-5-3-2-4-6-20/h2-8,11,14-15,23-25H,9-10,12-13,18,40H2,1H3/t23?,24-,25?/m0/s1. The molecule has 3 aromatic carbocycles. The minimum Gasteiger partial charge on any atom is -0.487 e. The first kappa shape index (κ1) is 28.5. The molecular weight excluding hydrogens is 574 g/mol. The number of rotatable bonds is 6. The molecule has 7 rings (SSSR count). The van der Waals surface area contributed by atoms with Crippen molar-refractivity contribution in [3.63, 3.8) is 0 Å². The zero-order chi connectivity index (χ0) is 31.2. The van der Waals surface area contributed by atoms with Crippen molar-refractivity contribution in [3.8, 4) is 40.3 Å². The molecule has 2 unspecified atom stereocenters. The van der Waals surface area contributed by atoms with E-state index in [1.807, 2.05) is 36.4 Å². The molecule has 2 bridgehead atoms. The minimum atomic E-state index is -0.744. The lowest BCUT2D eigenvalue weighted by molar-refractivity contribution is 0.306. The Morgan fingerprint density at radius 2 is 1.76 bits per heavy atom. The normalized spacial score (nSPS) is 19.0. The number of aromatic nitrogens is 2. The van der Waals surface area contributed by atoms with Crippen molar-refractivity contribution < 1.29 is 18.0 Å². The monoisotopic (exact) mass is 602 g/mol. The van der Waals surface area contributed by atoms with Crippen LogP contribution in [0.5, 0.6) is 5.75 Å². The van der Waals surface area contributed by atoms with Gasteiger partial charge < -0.3 is 19.9 Å². The van der Waals surface area contributed by atoms with Crippen molar-refractivity contribution in [2.75, 3.05) is 4.90 Å². The van der Waals surface area contributed by atoms with Gasteiger partial charge in [0.25, 0.3) is 0 Å². The van der Waals surface area contributed by atoms with Crippen LogP contribution >= 0.6 is 0 Å². The molecule has 5 aromatic rings. The van der Waals surface area contributed by atoms with Crippen LogP contribution in [0.2, 0.25) is 0 Å². The van der Waals surface area contributed by atoms with Gasteiger partial charge in [-0.15, -0.1) is 0 Å². The Labute approximate surface area is 258 Å². The number of nitriles is 2. The molecule has 2 aromatic heterocycles. The van der Waals surface area contributed by atoms with E-state index >= 15 is 8.78 Å². The maximum Gasteiger partial charge on any atom is 0.167 e. The molecular formula is C35H28F2N6O2. The highest BCUT2D eigenvalue weighted by Crippen LogP contribution is 2.49. The molecule has 0 aliphatic carbocycles. The number of benzene rings is 3. The lowest BCUT2D eigenvalue weighted by Crippen LogP contribution is -2.48. The third-order valence-corrected chi connectivity index (χ3v) is 8.86. The number of fused-ring (bicyclic) bond motifs is 3. The summed E-state index contributed by atoms with van der Waals surface area (Å²) in [6.07, 6.45) is 3.26. The number of anilines is 1. The van der Waals surface area contributed by atoms with Gasteiger partial charge in [0.05, 0.1) is 22.5 Å². The second-order valence-electron chi connectivity index (χ2n) is 11.7. The Bertz CT molecular complexity index is 2020. The summed E-state index contributed by atoms with van der Waals surface area (Å²) >= 11 is 0. The number of piperidine rings is 1. The van der Waals surface area contributed by atoms with E-state index in [0.29, 0.717) is 28.0 Å². The smallest absolute Gasteiger partial charge is 0.167 e. The molecule has 0 amide bonds. The van der Waals surface area contributed by atoms with E-state index in [9.17, 15) is 10.5 Å². The molecule has 0 spiro atoms. The third-order valence-electron chi connectivity index (χ3n) is 8.86. The quantitative estimate of drug-likeness (QED) is 0.222. The summed E-state index contributed by atoms with van der Waals surface area (Å²) in [6.45, 7) is 1.80. The number of hydrogen-bond acceptors (Lipinski definition) is 8. The van der Waals surface area contributed by atoms with Crippen molar-refractivity contribution in [2.45, 2.75) is 57.3 Å². The van der Waals surface area contributed by atoms with Crippen molar-refractivity contribution in [1.82, 2.24) is 10.1 Å². The zero-order valence-corrected chi connectivity index (χ0v) is 24.4. The summed E-state index contributed by atoms with van der Waals surface area (Å²) in [5, 5.41) is 24.6. The molecule has 224 valence electrons. The van der Waals surface area contributed by atoms with E-state index in [1.165, 1.54) is 24.3 Å². The predicted molar refractivity (Wildman–Crippen MR) is 164 cm³/mol. The molecule has 2 aliphatic heterocycles. The van der Waals surface area contributed by atoms with Crippen LogP contribution in [0.1, 0.15) is 48.1 Å². The maximum atomic E-state index is 16.2. The molecule has 45 heavy (non-hydrogen) atoms. The van der Waals surface area contributed by atoms with Crippen LogP contribution in [-0.4, -0.2) is 28.3 Å². The van der Waals surface area contributed by atoms with E-state index in [2.05, 4.69) is 16.1 Å². The average molecular weight is 603 g/mol. The molecule has 0 radical (unpaired) electrons. The highest BCUT2D eigenvalue weighted by molar-refractivity contribution is 5.94.